The number of methoxy groups -OCH3 is 1. The predicted molar refractivity (Wildman–Crippen MR) is 55.1 cm³/mol. The molecule has 0 amide bonds. The first-order chi connectivity index (χ1) is 7.76. The second-order valence-corrected chi connectivity index (χ2v) is 3.13. The van der Waals surface area contributed by atoms with E-state index in [4.69, 9.17) is 18.9 Å². The van der Waals surface area contributed by atoms with Gasteiger partial charge in [0.1, 0.15) is 11.3 Å². The zero-order valence-electron chi connectivity index (χ0n) is 9.11. The zero-order chi connectivity index (χ0) is 11.5. The van der Waals surface area contributed by atoms with Gasteiger partial charge in [0.2, 0.25) is 6.79 Å². The van der Waals surface area contributed by atoms with E-state index in [-0.39, 0.29) is 6.79 Å². The van der Waals surface area contributed by atoms with E-state index in [0.29, 0.717) is 29.4 Å². The Morgan fingerprint density at radius 2 is 2.25 bits per heavy atom. The van der Waals surface area contributed by atoms with Gasteiger partial charge in [-0.25, -0.2) is 4.79 Å². The van der Waals surface area contributed by atoms with Crippen LogP contribution in [-0.4, -0.2) is 26.5 Å². The highest BCUT2D eigenvalue weighted by Gasteiger charge is 2.24. The maximum Gasteiger partial charge on any atom is 0.342 e. The van der Waals surface area contributed by atoms with E-state index in [1.54, 1.807) is 19.1 Å². The highest BCUT2D eigenvalue weighted by Crippen LogP contribution is 2.39. The molecule has 0 atom stereocenters. The molecule has 0 spiro atoms. The molecule has 0 N–H and O–H groups in total. The van der Waals surface area contributed by atoms with Gasteiger partial charge in [-0.1, -0.05) is 0 Å². The van der Waals surface area contributed by atoms with Crippen LogP contribution in [0.4, 0.5) is 0 Å². The summed E-state index contributed by atoms with van der Waals surface area (Å²) in [4.78, 5) is 11.7. The molecule has 1 aliphatic heterocycles. The number of rotatable bonds is 3. The van der Waals surface area contributed by atoms with Crippen LogP contribution in [0.25, 0.3) is 0 Å². The molecule has 5 heteroatoms. The average molecular weight is 224 g/mol. The lowest BCUT2D eigenvalue weighted by Gasteiger charge is -2.07. The number of hydrogen-bond acceptors (Lipinski definition) is 5. The number of fused-ring (bicyclic) bond motifs is 1. The van der Waals surface area contributed by atoms with E-state index in [0.717, 1.165) is 0 Å². The normalized spacial score (nSPS) is 12.4. The molecule has 0 bridgehead atoms. The van der Waals surface area contributed by atoms with Crippen molar-refractivity contribution in [1.29, 1.82) is 0 Å². The Labute approximate surface area is 92.9 Å². The lowest BCUT2D eigenvalue weighted by atomic mass is 10.1. The maximum absolute atomic E-state index is 11.7. The van der Waals surface area contributed by atoms with E-state index in [2.05, 4.69) is 0 Å². The molecule has 1 aromatic carbocycles. The first-order valence-electron chi connectivity index (χ1n) is 4.91. The van der Waals surface area contributed by atoms with Crippen molar-refractivity contribution in [3.05, 3.63) is 17.7 Å². The Morgan fingerprint density at radius 3 is 2.94 bits per heavy atom. The van der Waals surface area contributed by atoms with Gasteiger partial charge in [0, 0.05) is 6.07 Å². The molecule has 1 aliphatic rings. The molecular formula is C11H12O5. The third kappa shape index (κ3) is 1.76. The van der Waals surface area contributed by atoms with Gasteiger partial charge in [0.15, 0.2) is 11.5 Å². The molecule has 5 nitrogen and oxygen atoms in total. The summed E-state index contributed by atoms with van der Waals surface area (Å²) < 4.78 is 20.4. The molecule has 0 saturated carbocycles. The fourth-order valence-corrected chi connectivity index (χ4v) is 1.46. The summed E-state index contributed by atoms with van der Waals surface area (Å²) in [5, 5.41) is 0. The van der Waals surface area contributed by atoms with Crippen molar-refractivity contribution in [3.63, 3.8) is 0 Å². The summed E-state index contributed by atoms with van der Waals surface area (Å²) in [6, 6.07) is 3.25. The number of carbonyl (C=O) groups excluding carboxylic acids is 1. The SMILES string of the molecule is CCOC(=O)c1cc(OC)cc2c1OCO2. The standard InChI is InChI=1S/C11H12O5/c1-3-14-11(12)8-4-7(13-2)5-9-10(8)16-6-15-9/h4-5H,3,6H2,1-2H3. The van der Waals surface area contributed by atoms with Crippen molar-refractivity contribution >= 4 is 5.97 Å². The van der Waals surface area contributed by atoms with Crippen molar-refractivity contribution in [2.24, 2.45) is 0 Å². The number of esters is 1. The van der Waals surface area contributed by atoms with Crippen LogP contribution in [0.1, 0.15) is 17.3 Å². The summed E-state index contributed by atoms with van der Waals surface area (Å²) in [7, 11) is 1.52. The Balaban J connectivity index is 2.42. The molecule has 0 saturated heterocycles. The van der Waals surface area contributed by atoms with Crippen LogP contribution in [0, 0.1) is 0 Å². The average Bonchev–Trinajstić information content (AvgIpc) is 2.75. The monoisotopic (exact) mass is 224 g/mol. The predicted octanol–water partition coefficient (Wildman–Crippen LogP) is 1.60. The third-order valence-corrected chi connectivity index (χ3v) is 2.18. The third-order valence-electron chi connectivity index (χ3n) is 2.18. The summed E-state index contributed by atoms with van der Waals surface area (Å²) in [5.41, 5.74) is 0.328. The quantitative estimate of drug-likeness (QED) is 0.730. The van der Waals surface area contributed by atoms with Gasteiger partial charge >= 0.3 is 5.97 Å². The fourth-order valence-electron chi connectivity index (χ4n) is 1.46. The first kappa shape index (κ1) is 10.6. The van der Waals surface area contributed by atoms with Gasteiger partial charge in [-0.15, -0.1) is 0 Å². The summed E-state index contributed by atoms with van der Waals surface area (Å²) >= 11 is 0. The highest BCUT2D eigenvalue weighted by molar-refractivity contribution is 5.94. The number of benzene rings is 1. The van der Waals surface area contributed by atoms with E-state index < -0.39 is 5.97 Å². The minimum atomic E-state index is -0.442. The highest BCUT2D eigenvalue weighted by atomic mass is 16.7. The number of ether oxygens (including phenoxy) is 4. The molecule has 0 unspecified atom stereocenters. The Hall–Kier alpha value is -1.91. The Bertz CT molecular complexity index is 413. The second kappa shape index (κ2) is 4.30. The molecule has 0 aliphatic carbocycles. The van der Waals surface area contributed by atoms with Crippen molar-refractivity contribution in [3.8, 4) is 17.2 Å². The first-order valence-corrected chi connectivity index (χ1v) is 4.91. The van der Waals surface area contributed by atoms with Crippen LogP contribution in [0.2, 0.25) is 0 Å². The largest absolute Gasteiger partial charge is 0.497 e. The minimum absolute atomic E-state index is 0.106. The molecule has 1 aromatic rings. The van der Waals surface area contributed by atoms with Crippen LogP contribution in [-0.2, 0) is 4.74 Å². The van der Waals surface area contributed by atoms with Gasteiger partial charge in [-0.2, -0.15) is 0 Å². The second-order valence-electron chi connectivity index (χ2n) is 3.13. The van der Waals surface area contributed by atoms with E-state index in [1.165, 1.54) is 7.11 Å². The molecule has 1 heterocycles. The van der Waals surface area contributed by atoms with Crippen molar-refractivity contribution < 1.29 is 23.7 Å². The Kier molecular flexibility index (Phi) is 2.85. The number of hydrogen-bond donors (Lipinski definition) is 0. The van der Waals surface area contributed by atoms with Crippen LogP contribution >= 0.6 is 0 Å². The van der Waals surface area contributed by atoms with Crippen molar-refractivity contribution in [2.75, 3.05) is 20.5 Å². The van der Waals surface area contributed by atoms with Crippen molar-refractivity contribution in [2.45, 2.75) is 6.92 Å². The van der Waals surface area contributed by atoms with Crippen molar-refractivity contribution in [1.82, 2.24) is 0 Å². The molecular weight excluding hydrogens is 212 g/mol. The molecule has 0 fully saturated rings. The van der Waals surface area contributed by atoms with Gasteiger partial charge in [-0.05, 0) is 13.0 Å². The zero-order valence-corrected chi connectivity index (χ0v) is 9.11. The molecule has 0 radical (unpaired) electrons. The maximum atomic E-state index is 11.7. The van der Waals surface area contributed by atoms with Crippen LogP contribution in [0.15, 0.2) is 12.1 Å². The smallest absolute Gasteiger partial charge is 0.342 e. The van der Waals surface area contributed by atoms with Gasteiger partial charge in [-0.3, -0.25) is 0 Å². The van der Waals surface area contributed by atoms with Gasteiger partial charge in [0.05, 0.1) is 13.7 Å². The molecule has 0 aromatic heterocycles. The summed E-state index contributed by atoms with van der Waals surface area (Å²) in [5.74, 6) is 1.01. The lowest BCUT2D eigenvalue weighted by Crippen LogP contribution is -2.06. The van der Waals surface area contributed by atoms with E-state index in [9.17, 15) is 4.79 Å². The van der Waals surface area contributed by atoms with E-state index in [1.807, 2.05) is 0 Å². The molecule has 2 rings (SSSR count). The van der Waals surface area contributed by atoms with Gasteiger partial charge < -0.3 is 18.9 Å². The van der Waals surface area contributed by atoms with E-state index >= 15 is 0 Å². The minimum Gasteiger partial charge on any atom is -0.497 e. The van der Waals surface area contributed by atoms with Crippen LogP contribution < -0.4 is 14.2 Å². The summed E-state index contributed by atoms with van der Waals surface area (Å²) in [6.07, 6.45) is 0. The van der Waals surface area contributed by atoms with Gasteiger partial charge in [0.25, 0.3) is 0 Å². The lowest BCUT2D eigenvalue weighted by molar-refractivity contribution is 0.0521. The summed E-state index contributed by atoms with van der Waals surface area (Å²) in [6.45, 7) is 2.16. The molecule has 86 valence electrons. The number of carbonyl (C=O) groups is 1. The Morgan fingerprint density at radius 1 is 1.44 bits per heavy atom. The molecule has 16 heavy (non-hydrogen) atoms. The fraction of sp³-hybridized carbons (Fsp3) is 0.364. The topological polar surface area (TPSA) is 54.0 Å². The van der Waals surface area contributed by atoms with Crippen LogP contribution in [0.3, 0.4) is 0 Å². The van der Waals surface area contributed by atoms with Crippen LogP contribution in [0.5, 0.6) is 17.2 Å².